The van der Waals surface area contributed by atoms with Crippen molar-refractivity contribution in [3.63, 3.8) is 0 Å². The summed E-state index contributed by atoms with van der Waals surface area (Å²) in [5, 5.41) is -0.122. The van der Waals surface area contributed by atoms with E-state index in [0.717, 1.165) is 21.7 Å². The molecule has 33 heavy (non-hydrogen) atoms. The van der Waals surface area contributed by atoms with Gasteiger partial charge in [-0.25, -0.2) is 0 Å². The number of fused-ring (bicyclic) bond motifs is 1. The molecule has 0 aromatic heterocycles. The maximum absolute atomic E-state index is 13.9. The van der Waals surface area contributed by atoms with E-state index in [4.69, 9.17) is 10.5 Å². The smallest absolute Gasteiger partial charge is 0.255 e. The van der Waals surface area contributed by atoms with Crippen LogP contribution in [0.4, 0.5) is 5.69 Å². The van der Waals surface area contributed by atoms with Gasteiger partial charge < -0.3 is 15.4 Å². The second kappa shape index (κ2) is 10.1. The molecule has 2 amide bonds. The van der Waals surface area contributed by atoms with Crippen molar-refractivity contribution in [1.82, 2.24) is 0 Å². The number of thioether (sulfide) groups is 1. The molecule has 0 saturated heterocycles. The first-order valence-electron chi connectivity index (χ1n) is 11.1. The van der Waals surface area contributed by atoms with Crippen LogP contribution < -0.4 is 15.4 Å². The Morgan fingerprint density at radius 1 is 1.03 bits per heavy atom. The zero-order valence-electron chi connectivity index (χ0n) is 18.8. The van der Waals surface area contributed by atoms with Crippen LogP contribution in [0.15, 0.2) is 83.8 Å². The van der Waals surface area contributed by atoms with Crippen LogP contribution in [0.5, 0.6) is 5.75 Å². The average molecular weight is 461 g/mol. The van der Waals surface area contributed by atoms with E-state index in [-0.39, 0.29) is 23.7 Å². The lowest BCUT2D eigenvalue weighted by atomic mass is 9.92. The van der Waals surface area contributed by atoms with Gasteiger partial charge >= 0.3 is 0 Å². The molecule has 1 heterocycles. The first-order valence-corrected chi connectivity index (χ1v) is 11.9. The predicted octanol–water partition coefficient (Wildman–Crippen LogP) is 5.17. The predicted molar refractivity (Wildman–Crippen MR) is 133 cm³/mol. The van der Waals surface area contributed by atoms with Crippen LogP contribution >= 0.6 is 11.8 Å². The molecule has 0 fully saturated rings. The number of nitrogens with two attached hydrogens (primary N) is 1. The van der Waals surface area contributed by atoms with Crippen molar-refractivity contribution in [3.8, 4) is 5.75 Å². The van der Waals surface area contributed by atoms with Crippen LogP contribution in [0.25, 0.3) is 0 Å². The van der Waals surface area contributed by atoms with Crippen LogP contribution in [-0.4, -0.2) is 25.0 Å². The number of hydrogen-bond donors (Lipinski definition) is 1. The average Bonchev–Trinajstić information content (AvgIpc) is 3.07. The van der Waals surface area contributed by atoms with Crippen molar-refractivity contribution < 1.29 is 14.3 Å². The summed E-state index contributed by atoms with van der Waals surface area (Å²) in [6, 6.07) is 25.9. The Morgan fingerprint density at radius 2 is 1.70 bits per heavy atom. The molecule has 5 nitrogen and oxygen atoms in total. The quantitative estimate of drug-likeness (QED) is 0.447. The van der Waals surface area contributed by atoms with Crippen LogP contribution in [-0.2, 0) is 9.59 Å². The van der Waals surface area contributed by atoms with E-state index in [1.165, 1.54) is 0 Å². The van der Waals surface area contributed by atoms with E-state index >= 15 is 0 Å². The minimum Gasteiger partial charge on any atom is -0.484 e. The fourth-order valence-corrected chi connectivity index (χ4v) is 5.45. The van der Waals surface area contributed by atoms with E-state index in [9.17, 15) is 9.59 Å². The van der Waals surface area contributed by atoms with Gasteiger partial charge in [-0.05, 0) is 47.4 Å². The third-order valence-electron chi connectivity index (χ3n) is 5.52. The van der Waals surface area contributed by atoms with Gasteiger partial charge in [0, 0.05) is 17.1 Å². The highest BCUT2D eigenvalue weighted by atomic mass is 32.2. The Kier molecular flexibility index (Phi) is 7.04. The van der Waals surface area contributed by atoms with Crippen LogP contribution in [0.1, 0.15) is 36.1 Å². The van der Waals surface area contributed by atoms with Gasteiger partial charge in [0.15, 0.2) is 6.61 Å². The maximum atomic E-state index is 13.9. The zero-order valence-corrected chi connectivity index (χ0v) is 19.6. The molecule has 1 aliphatic rings. The van der Waals surface area contributed by atoms with Crippen LogP contribution in [0, 0.1) is 5.92 Å². The van der Waals surface area contributed by atoms with Gasteiger partial charge in [0.05, 0.1) is 11.2 Å². The summed E-state index contributed by atoms with van der Waals surface area (Å²) in [6.07, 6.45) is 0. The van der Waals surface area contributed by atoms with Crippen molar-refractivity contribution in [2.45, 2.75) is 29.9 Å². The summed E-state index contributed by atoms with van der Waals surface area (Å²) in [6.45, 7) is 4.66. The van der Waals surface area contributed by atoms with Gasteiger partial charge in [0.25, 0.3) is 5.91 Å². The molecule has 4 rings (SSSR count). The Morgan fingerprint density at radius 3 is 2.33 bits per heavy atom. The standard InChI is InChI=1S/C27H28N2O3S/c1-18(2)16-29-23-14-13-20(32-17-24(28)30)15-22(23)25(27(29)31)26(19-9-5-3-6-10-19)33-21-11-7-4-8-12-21/h3-15,18,25-26H,16-17H2,1-2H3,(H2,28,30). The van der Waals surface area contributed by atoms with E-state index in [1.54, 1.807) is 17.8 Å². The lowest BCUT2D eigenvalue weighted by molar-refractivity contribution is -0.120. The molecule has 170 valence electrons. The number of nitrogens with zero attached hydrogens (tertiary/aromatic N) is 1. The summed E-state index contributed by atoms with van der Waals surface area (Å²) in [7, 11) is 0. The lowest BCUT2D eigenvalue weighted by Crippen LogP contribution is -2.33. The largest absolute Gasteiger partial charge is 0.484 e. The molecule has 2 N–H and O–H groups in total. The molecule has 2 unspecified atom stereocenters. The summed E-state index contributed by atoms with van der Waals surface area (Å²) in [4.78, 5) is 28.1. The van der Waals surface area contributed by atoms with E-state index in [0.29, 0.717) is 18.2 Å². The second-order valence-corrected chi connectivity index (χ2v) is 9.77. The van der Waals surface area contributed by atoms with Crippen molar-refractivity contribution in [1.29, 1.82) is 0 Å². The second-order valence-electron chi connectivity index (χ2n) is 8.56. The van der Waals surface area contributed by atoms with Gasteiger partial charge in [-0.3, -0.25) is 9.59 Å². The zero-order chi connectivity index (χ0) is 23.4. The summed E-state index contributed by atoms with van der Waals surface area (Å²) in [5.41, 5.74) is 8.17. The number of rotatable bonds is 9. The molecule has 0 radical (unpaired) electrons. The highest BCUT2D eigenvalue weighted by molar-refractivity contribution is 7.99. The number of primary amides is 1. The summed E-state index contributed by atoms with van der Waals surface area (Å²) < 4.78 is 5.59. The van der Waals surface area contributed by atoms with Gasteiger partial charge in [-0.1, -0.05) is 62.4 Å². The third kappa shape index (κ3) is 5.22. The Labute approximate surface area is 198 Å². The molecule has 0 aliphatic carbocycles. The number of amides is 2. The highest BCUT2D eigenvalue weighted by Gasteiger charge is 2.43. The number of anilines is 1. The number of hydrogen-bond acceptors (Lipinski definition) is 4. The fourth-order valence-electron chi connectivity index (χ4n) is 4.15. The van der Waals surface area contributed by atoms with E-state index in [1.807, 2.05) is 53.4 Å². The SMILES string of the molecule is CC(C)CN1C(=O)C(C(Sc2ccccc2)c2ccccc2)c2cc(OCC(N)=O)ccc21. The molecule has 3 aromatic carbocycles. The van der Waals surface area contributed by atoms with Gasteiger partial charge in [0.1, 0.15) is 5.75 Å². The summed E-state index contributed by atoms with van der Waals surface area (Å²) >= 11 is 1.69. The molecule has 3 aromatic rings. The van der Waals surface area contributed by atoms with E-state index in [2.05, 4.69) is 38.1 Å². The first-order chi connectivity index (χ1) is 15.9. The normalized spacial score (nSPS) is 16.0. The molecule has 6 heteroatoms. The third-order valence-corrected chi connectivity index (χ3v) is 6.87. The number of benzene rings is 3. The fraction of sp³-hybridized carbons (Fsp3) is 0.259. The van der Waals surface area contributed by atoms with Crippen molar-refractivity contribution in [2.24, 2.45) is 11.7 Å². The van der Waals surface area contributed by atoms with Gasteiger partial charge in [-0.2, -0.15) is 0 Å². The lowest BCUT2D eigenvalue weighted by Gasteiger charge is -2.25. The van der Waals surface area contributed by atoms with Crippen LogP contribution in [0.3, 0.4) is 0 Å². The molecule has 0 saturated carbocycles. The molecular weight excluding hydrogens is 432 g/mol. The van der Waals surface area contributed by atoms with Crippen molar-refractivity contribution >= 4 is 29.3 Å². The highest BCUT2D eigenvalue weighted by Crippen LogP contribution is 2.52. The molecule has 0 spiro atoms. The Balaban J connectivity index is 1.79. The van der Waals surface area contributed by atoms with Crippen molar-refractivity contribution in [2.75, 3.05) is 18.1 Å². The minimum absolute atomic E-state index is 0.0861. The molecule has 0 bridgehead atoms. The summed E-state index contributed by atoms with van der Waals surface area (Å²) in [5.74, 6) is 0.0226. The first kappa shape index (κ1) is 22.9. The number of carbonyl (C=O) groups excluding carboxylic acids is 2. The van der Waals surface area contributed by atoms with Crippen LogP contribution in [0.2, 0.25) is 0 Å². The van der Waals surface area contributed by atoms with Gasteiger partial charge in [-0.15, -0.1) is 11.8 Å². The number of ether oxygens (including phenoxy) is 1. The van der Waals surface area contributed by atoms with E-state index < -0.39 is 5.91 Å². The molecule has 2 atom stereocenters. The topological polar surface area (TPSA) is 72.6 Å². The van der Waals surface area contributed by atoms with Crippen molar-refractivity contribution in [3.05, 3.63) is 90.0 Å². The number of carbonyl (C=O) groups is 2. The monoisotopic (exact) mass is 460 g/mol. The Bertz CT molecular complexity index is 1120. The Hall–Kier alpha value is -3.25. The molecular formula is C27H28N2O3S. The van der Waals surface area contributed by atoms with Gasteiger partial charge in [0.2, 0.25) is 5.91 Å². The molecule has 1 aliphatic heterocycles. The minimum atomic E-state index is -0.536. The maximum Gasteiger partial charge on any atom is 0.255 e.